The number of likely N-dealkylation sites (tertiary alicyclic amines) is 1. The summed E-state index contributed by atoms with van der Waals surface area (Å²) in [4.78, 5) is 37.1. The van der Waals surface area contributed by atoms with E-state index in [4.69, 9.17) is 0 Å². The van der Waals surface area contributed by atoms with Gasteiger partial charge in [-0.2, -0.15) is 0 Å². The summed E-state index contributed by atoms with van der Waals surface area (Å²) in [7, 11) is 0. The van der Waals surface area contributed by atoms with E-state index < -0.39 is 30.1 Å². The summed E-state index contributed by atoms with van der Waals surface area (Å²) in [5, 5.41) is 21.1. The van der Waals surface area contributed by atoms with E-state index in [1.54, 1.807) is 0 Å². The lowest BCUT2D eigenvalue weighted by atomic mass is 9.97. The summed E-state index contributed by atoms with van der Waals surface area (Å²) < 4.78 is 0. The van der Waals surface area contributed by atoms with Crippen molar-refractivity contribution in [2.75, 3.05) is 6.54 Å². The van der Waals surface area contributed by atoms with Gasteiger partial charge in [-0.25, -0.2) is 4.79 Å². The van der Waals surface area contributed by atoms with E-state index in [9.17, 15) is 24.6 Å². The van der Waals surface area contributed by atoms with Gasteiger partial charge in [0.1, 0.15) is 12.1 Å². The third-order valence-corrected chi connectivity index (χ3v) is 4.10. The molecule has 0 spiro atoms. The molecule has 7 nitrogen and oxygen atoms in total. The number of hydrogen-bond donors (Lipinski definition) is 3. The van der Waals surface area contributed by atoms with Gasteiger partial charge in [0, 0.05) is 6.54 Å². The van der Waals surface area contributed by atoms with Crippen molar-refractivity contribution in [2.45, 2.75) is 64.6 Å². The quantitative estimate of drug-likeness (QED) is 0.629. The number of amides is 2. The number of aliphatic hydroxyl groups is 1. The number of aliphatic hydroxyl groups excluding tert-OH is 1. The van der Waals surface area contributed by atoms with Crippen LogP contribution in [0.4, 0.5) is 0 Å². The van der Waals surface area contributed by atoms with Gasteiger partial charge in [0.15, 0.2) is 0 Å². The molecule has 0 aromatic rings. The highest BCUT2D eigenvalue weighted by Crippen LogP contribution is 2.21. The summed E-state index contributed by atoms with van der Waals surface area (Å²) in [6, 6.07) is -1.57. The molecular formula is C15H26N2O5. The fourth-order valence-corrected chi connectivity index (χ4v) is 2.65. The topological polar surface area (TPSA) is 107 Å². The number of nitrogens with one attached hydrogen (secondary N) is 1. The molecule has 2 amide bonds. The van der Waals surface area contributed by atoms with E-state index in [1.165, 1.54) is 11.8 Å². The van der Waals surface area contributed by atoms with Crippen LogP contribution >= 0.6 is 0 Å². The number of carboxylic acids is 1. The summed E-state index contributed by atoms with van der Waals surface area (Å²) in [5.41, 5.74) is 0. The van der Waals surface area contributed by atoms with Crippen LogP contribution in [0.1, 0.15) is 46.5 Å². The third-order valence-electron chi connectivity index (χ3n) is 4.10. The zero-order valence-electron chi connectivity index (χ0n) is 13.4. The monoisotopic (exact) mass is 314 g/mol. The zero-order valence-corrected chi connectivity index (χ0v) is 13.4. The second kappa shape index (κ2) is 8.12. The van der Waals surface area contributed by atoms with Crippen LogP contribution in [0.3, 0.4) is 0 Å². The molecule has 1 fully saturated rings. The van der Waals surface area contributed by atoms with Gasteiger partial charge < -0.3 is 20.4 Å². The van der Waals surface area contributed by atoms with E-state index in [0.717, 1.165) is 0 Å². The number of hydrogen-bond acceptors (Lipinski definition) is 4. The molecule has 1 heterocycles. The van der Waals surface area contributed by atoms with Crippen LogP contribution in [-0.4, -0.2) is 57.6 Å². The Hall–Kier alpha value is -1.63. The van der Waals surface area contributed by atoms with Gasteiger partial charge >= 0.3 is 5.97 Å². The minimum Gasteiger partial charge on any atom is -0.480 e. The first kappa shape index (κ1) is 18.4. The molecule has 1 rings (SSSR count). The molecule has 0 bridgehead atoms. The average Bonchev–Trinajstić information content (AvgIpc) is 2.92. The second-order valence-electron chi connectivity index (χ2n) is 6.01. The van der Waals surface area contributed by atoms with Crippen molar-refractivity contribution in [3.63, 3.8) is 0 Å². The largest absolute Gasteiger partial charge is 0.480 e. The predicted molar refractivity (Wildman–Crippen MR) is 80.1 cm³/mol. The molecular weight excluding hydrogens is 288 g/mol. The highest BCUT2D eigenvalue weighted by atomic mass is 16.4. The molecule has 4 atom stereocenters. The van der Waals surface area contributed by atoms with Crippen molar-refractivity contribution in [1.29, 1.82) is 0 Å². The number of aliphatic carboxylic acids is 1. The lowest BCUT2D eigenvalue weighted by Gasteiger charge is -2.30. The first-order valence-corrected chi connectivity index (χ1v) is 7.78. The van der Waals surface area contributed by atoms with E-state index in [-0.39, 0.29) is 18.2 Å². The minimum atomic E-state index is -1.01. The van der Waals surface area contributed by atoms with E-state index in [1.807, 2.05) is 13.8 Å². The van der Waals surface area contributed by atoms with Gasteiger partial charge in [0.2, 0.25) is 11.8 Å². The molecule has 0 aliphatic carbocycles. The number of nitrogens with zero attached hydrogens (tertiary/aromatic N) is 1. The lowest BCUT2D eigenvalue weighted by Crippen LogP contribution is -2.54. The molecule has 7 heteroatoms. The van der Waals surface area contributed by atoms with Gasteiger partial charge in [-0.3, -0.25) is 9.59 Å². The van der Waals surface area contributed by atoms with Crippen molar-refractivity contribution in [3.8, 4) is 0 Å². The molecule has 0 saturated carbocycles. The molecule has 0 aromatic carbocycles. The van der Waals surface area contributed by atoms with Crippen LogP contribution < -0.4 is 5.32 Å². The standard InChI is InChI=1S/C15H26N2O5/c1-4-9(2)13(16-12(19)8-10(3)18)14(20)17-7-5-6-11(17)15(21)22/h9-11,13,18H,4-8H2,1-3H3,(H,16,19)(H,21,22)/t9-,10?,11-,13-/m0/s1. The van der Waals surface area contributed by atoms with Crippen LogP contribution in [0.5, 0.6) is 0 Å². The maximum Gasteiger partial charge on any atom is 0.326 e. The maximum absolute atomic E-state index is 12.7. The van der Waals surface area contributed by atoms with E-state index in [2.05, 4.69) is 5.32 Å². The van der Waals surface area contributed by atoms with Crippen molar-refractivity contribution >= 4 is 17.8 Å². The third kappa shape index (κ3) is 4.69. The number of carboxylic acid groups (broad SMARTS) is 1. The first-order valence-electron chi connectivity index (χ1n) is 7.78. The van der Waals surface area contributed by atoms with Crippen LogP contribution in [0.15, 0.2) is 0 Å². The van der Waals surface area contributed by atoms with E-state index >= 15 is 0 Å². The minimum absolute atomic E-state index is 0.0808. The molecule has 0 radical (unpaired) electrons. The molecule has 1 aliphatic rings. The van der Waals surface area contributed by atoms with Crippen LogP contribution in [0.25, 0.3) is 0 Å². The Balaban J connectivity index is 2.84. The van der Waals surface area contributed by atoms with Crippen molar-refractivity contribution in [3.05, 3.63) is 0 Å². The van der Waals surface area contributed by atoms with Gasteiger partial charge in [-0.15, -0.1) is 0 Å². The maximum atomic E-state index is 12.7. The van der Waals surface area contributed by atoms with E-state index in [0.29, 0.717) is 25.8 Å². The Morgan fingerprint density at radius 1 is 1.32 bits per heavy atom. The molecule has 1 unspecified atom stereocenters. The molecule has 1 aliphatic heterocycles. The summed E-state index contributed by atoms with van der Waals surface area (Å²) in [6.45, 7) is 5.65. The van der Waals surface area contributed by atoms with Crippen LogP contribution in [0, 0.1) is 5.92 Å². The Kier molecular flexibility index (Phi) is 6.80. The number of carbonyl (C=O) groups is 3. The van der Waals surface area contributed by atoms with Crippen molar-refractivity contribution in [2.24, 2.45) is 5.92 Å². The molecule has 3 N–H and O–H groups in total. The second-order valence-corrected chi connectivity index (χ2v) is 6.01. The smallest absolute Gasteiger partial charge is 0.326 e. The number of carbonyl (C=O) groups excluding carboxylic acids is 2. The Morgan fingerprint density at radius 3 is 2.45 bits per heavy atom. The normalized spacial score (nSPS) is 22.0. The summed E-state index contributed by atoms with van der Waals surface area (Å²) in [5.74, 6) is -1.87. The van der Waals surface area contributed by atoms with Gasteiger partial charge in [-0.05, 0) is 25.7 Å². The van der Waals surface area contributed by atoms with Crippen LogP contribution in [-0.2, 0) is 14.4 Å². The zero-order chi connectivity index (χ0) is 16.9. The molecule has 1 saturated heterocycles. The Bertz CT molecular complexity index is 424. The number of rotatable bonds is 7. The molecule has 0 aromatic heterocycles. The predicted octanol–water partition coefficient (Wildman–Crippen LogP) is 0.364. The highest BCUT2D eigenvalue weighted by molar-refractivity contribution is 5.91. The van der Waals surface area contributed by atoms with Gasteiger partial charge in [0.05, 0.1) is 12.5 Å². The average molecular weight is 314 g/mol. The van der Waals surface area contributed by atoms with Crippen molar-refractivity contribution < 1.29 is 24.6 Å². The van der Waals surface area contributed by atoms with Gasteiger partial charge in [0.25, 0.3) is 0 Å². The lowest BCUT2D eigenvalue weighted by molar-refractivity contribution is -0.150. The fraction of sp³-hybridized carbons (Fsp3) is 0.800. The Labute approximate surface area is 130 Å². The highest BCUT2D eigenvalue weighted by Gasteiger charge is 2.39. The fourth-order valence-electron chi connectivity index (χ4n) is 2.65. The summed E-state index contributed by atoms with van der Waals surface area (Å²) in [6.07, 6.45) is 0.902. The first-order chi connectivity index (χ1) is 10.3. The van der Waals surface area contributed by atoms with Gasteiger partial charge in [-0.1, -0.05) is 20.3 Å². The van der Waals surface area contributed by atoms with Crippen LogP contribution in [0.2, 0.25) is 0 Å². The molecule has 126 valence electrons. The SMILES string of the molecule is CC[C@H](C)[C@H](NC(=O)CC(C)O)C(=O)N1CCC[C@H]1C(=O)O. The summed E-state index contributed by atoms with van der Waals surface area (Å²) >= 11 is 0. The van der Waals surface area contributed by atoms with Crippen molar-refractivity contribution in [1.82, 2.24) is 10.2 Å². The Morgan fingerprint density at radius 2 is 1.95 bits per heavy atom. The molecule has 22 heavy (non-hydrogen) atoms.